The van der Waals surface area contributed by atoms with E-state index in [2.05, 4.69) is 34.5 Å². The first-order valence-electron chi connectivity index (χ1n) is 7.82. The predicted octanol–water partition coefficient (Wildman–Crippen LogP) is 3.30. The minimum absolute atomic E-state index is 0.0470. The summed E-state index contributed by atoms with van der Waals surface area (Å²) >= 11 is 0. The molecular formula is C18H22N2O2. The summed E-state index contributed by atoms with van der Waals surface area (Å²) in [7, 11) is 0. The molecule has 1 N–H and O–H groups in total. The number of furan rings is 1. The summed E-state index contributed by atoms with van der Waals surface area (Å²) in [5.41, 5.74) is 1.87. The van der Waals surface area contributed by atoms with E-state index >= 15 is 0 Å². The van der Waals surface area contributed by atoms with Crippen molar-refractivity contribution in [2.24, 2.45) is 0 Å². The van der Waals surface area contributed by atoms with Crippen LogP contribution in [0.4, 0.5) is 5.69 Å². The number of nitrogens with zero attached hydrogens (tertiary/aromatic N) is 1. The fraction of sp³-hybridized carbons (Fsp3) is 0.389. The highest BCUT2D eigenvalue weighted by Gasteiger charge is 2.25. The molecule has 1 atom stereocenters. The van der Waals surface area contributed by atoms with Crippen LogP contribution in [0.15, 0.2) is 40.8 Å². The summed E-state index contributed by atoms with van der Waals surface area (Å²) < 4.78 is 5.43. The molecule has 0 unspecified atom stereocenters. The summed E-state index contributed by atoms with van der Waals surface area (Å²) in [6, 6.07) is 12.6. The lowest BCUT2D eigenvalue weighted by atomic mass is 10.2. The highest BCUT2D eigenvalue weighted by Crippen LogP contribution is 2.24. The van der Waals surface area contributed by atoms with Gasteiger partial charge < -0.3 is 14.6 Å². The maximum atomic E-state index is 12.3. The summed E-state index contributed by atoms with van der Waals surface area (Å²) in [5.74, 6) is 1.41. The number of amides is 1. The highest BCUT2D eigenvalue weighted by molar-refractivity contribution is 5.95. The molecule has 1 fully saturated rings. The van der Waals surface area contributed by atoms with E-state index in [9.17, 15) is 4.79 Å². The average Bonchev–Trinajstić information content (AvgIpc) is 3.12. The number of anilines is 1. The topological polar surface area (TPSA) is 45.5 Å². The Labute approximate surface area is 131 Å². The van der Waals surface area contributed by atoms with Crippen molar-refractivity contribution in [3.63, 3.8) is 0 Å². The predicted molar refractivity (Wildman–Crippen MR) is 87.3 cm³/mol. The Bertz CT molecular complexity index is 648. The number of hydrogen-bond acceptors (Lipinski definition) is 3. The Morgan fingerprint density at radius 1 is 1.32 bits per heavy atom. The number of aryl methyl sites for hydroxylation is 2. The van der Waals surface area contributed by atoms with Crippen molar-refractivity contribution in [2.75, 3.05) is 18.0 Å². The Balaban J connectivity index is 1.63. The van der Waals surface area contributed by atoms with Crippen molar-refractivity contribution in [2.45, 2.75) is 32.7 Å². The number of carbonyl (C=O) groups excluding carboxylic acids is 1. The first kappa shape index (κ1) is 14.7. The monoisotopic (exact) mass is 298 g/mol. The molecule has 2 aromatic rings. The summed E-state index contributed by atoms with van der Waals surface area (Å²) in [5, 5.41) is 3.05. The molecule has 4 heteroatoms. The Morgan fingerprint density at radius 3 is 2.77 bits per heavy atom. The fourth-order valence-corrected chi connectivity index (χ4v) is 3.17. The second-order valence-corrected chi connectivity index (χ2v) is 5.86. The SMILES string of the molecule is Cc1cc(C(=O)NC[C@H]2CCCN2c2ccccc2)c(C)o1. The molecule has 1 saturated heterocycles. The van der Waals surface area contributed by atoms with Gasteiger partial charge in [-0.05, 0) is 44.9 Å². The molecule has 1 aromatic heterocycles. The third kappa shape index (κ3) is 3.01. The van der Waals surface area contributed by atoms with Crippen LogP contribution in [0.3, 0.4) is 0 Å². The maximum absolute atomic E-state index is 12.3. The van der Waals surface area contributed by atoms with E-state index in [0.29, 0.717) is 23.9 Å². The van der Waals surface area contributed by atoms with Gasteiger partial charge in [-0.1, -0.05) is 18.2 Å². The van der Waals surface area contributed by atoms with Gasteiger partial charge in [0.15, 0.2) is 0 Å². The quantitative estimate of drug-likeness (QED) is 0.942. The summed E-state index contributed by atoms with van der Waals surface area (Å²) in [6.45, 7) is 5.40. The Hall–Kier alpha value is -2.23. The molecule has 1 amide bonds. The van der Waals surface area contributed by atoms with Gasteiger partial charge in [-0.2, -0.15) is 0 Å². The van der Waals surface area contributed by atoms with Crippen LogP contribution in [0.2, 0.25) is 0 Å². The van der Waals surface area contributed by atoms with Crippen molar-refractivity contribution < 1.29 is 9.21 Å². The molecule has 0 radical (unpaired) electrons. The molecule has 0 spiro atoms. The fourth-order valence-electron chi connectivity index (χ4n) is 3.17. The molecule has 4 nitrogen and oxygen atoms in total. The maximum Gasteiger partial charge on any atom is 0.254 e. The van der Waals surface area contributed by atoms with Gasteiger partial charge in [0.05, 0.1) is 5.56 Å². The van der Waals surface area contributed by atoms with Gasteiger partial charge in [-0.3, -0.25) is 4.79 Å². The molecule has 22 heavy (non-hydrogen) atoms. The van der Waals surface area contributed by atoms with Crippen LogP contribution in [-0.4, -0.2) is 25.0 Å². The second-order valence-electron chi connectivity index (χ2n) is 5.86. The zero-order valence-electron chi connectivity index (χ0n) is 13.1. The molecule has 0 aliphatic carbocycles. The van der Waals surface area contributed by atoms with Crippen molar-refractivity contribution >= 4 is 11.6 Å². The third-order valence-electron chi connectivity index (χ3n) is 4.25. The smallest absolute Gasteiger partial charge is 0.254 e. The number of rotatable bonds is 4. The van der Waals surface area contributed by atoms with E-state index in [1.165, 1.54) is 12.1 Å². The standard InChI is InChI=1S/C18H22N2O2/c1-13-11-17(14(2)22-13)18(21)19-12-16-9-6-10-20(16)15-7-4-3-5-8-15/h3-5,7-8,11,16H,6,9-10,12H2,1-2H3,(H,19,21)/t16-/m1/s1. The van der Waals surface area contributed by atoms with E-state index in [1.54, 1.807) is 6.07 Å². The molecule has 1 aliphatic heterocycles. The average molecular weight is 298 g/mol. The van der Waals surface area contributed by atoms with Gasteiger partial charge in [0.25, 0.3) is 5.91 Å². The first-order chi connectivity index (χ1) is 10.6. The number of benzene rings is 1. The molecule has 2 heterocycles. The lowest BCUT2D eigenvalue weighted by Gasteiger charge is -2.27. The molecule has 116 valence electrons. The van der Waals surface area contributed by atoms with Crippen molar-refractivity contribution in [3.05, 3.63) is 53.5 Å². The lowest BCUT2D eigenvalue weighted by molar-refractivity contribution is 0.0950. The zero-order chi connectivity index (χ0) is 15.5. The van der Waals surface area contributed by atoms with Crippen molar-refractivity contribution in [3.8, 4) is 0 Å². The molecule has 1 aliphatic rings. The minimum Gasteiger partial charge on any atom is -0.466 e. The van der Waals surface area contributed by atoms with Crippen molar-refractivity contribution in [1.29, 1.82) is 0 Å². The van der Waals surface area contributed by atoms with Crippen LogP contribution in [0.5, 0.6) is 0 Å². The van der Waals surface area contributed by atoms with Crippen LogP contribution in [-0.2, 0) is 0 Å². The van der Waals surface area contributed by atoms with E-state index < -0.39 is 0 Å². The second kappa shape index (κ2) is 6.26. The Morgan fingerprint density at radius 2 is 2.09 bits per heavy atom. The van der Waals surface area contributed by atoms with Gasteiger partial charge >= 0.3 is 0 Å². The molecule has 3 rings (SSSR count). The van der Waals surface area contributed by atoms with Gasteiger partial charge in [-0.15, -0.1) is 0 Å². The van der Waals surface area contributed by atoms with E-state index in [-0.39, 0.29) is 5.91 Å². The summed E-state index contributed by atoms with van der Waals surface area (Å²) in [6.07, 6.45) is 2.28. The van der Waals surface area contributed by atoms with Crippen LogP contribution in [0.25, 0.3) is 0 Å². The number of hydrogen-bond donors (Lipinski definition) is 1. The van der Waals surface area contributed by atoms with Crippen LogP contribution in [0, 0.1) is 13.8 Å². The molecular weight excluding hydrogens is 276 g/mol. The van der Waals surface area contributed by atoms with Crippen LogP contribution in [0.1, 0.15) is 34.7 Å². The van der Waals surface area contributed by atoms with E-state index in [0.717, 1.165) is 18.7 Å². The van der Waals surface area contributed by atoms with Gasteiger partial charge in [-0.25, -0.2) is 0 Å². The Kier molecular flexibility index (Phi) is 4.18. The van der Waals surface area contributed by atoms with Crippen LogP contribution < -0.4 is 10.2 Å². The lowest BCUT2D eigenvalue weighted by Crippen LogP contribution is -2.40. The minimum atomic E-state index is -0.0470. The largest absolute Gasteiger partial charge is 0.466 e. The first-order valence-corrected chi connectivity index (χ1v) is 7.82. The number of nitrogens with one attached hydrogen (secondary N) is 1. The molecule has 0 bridgehead atoms. The normalized spacial score (nSPS) is 17.7. The van der Waals surface area contributed by atoms with E-state index in [4.69, 9.17) is 4.42 Å². The summed E-state index contributed by atoms with van der Waals surface area (Å²) in [4.78, 5) is 14.7. The van der Waals surface area contributed by atoms with Gasteiger partial charge in [0.2, 0.25) is 0 Å². The van der Waals surface area contributed by atoms with Crippen molar-refractivity contribution in [1.82, 2.24) is 5.32 Å². The zero-order valence-corrected chi connectivity index (χ0v) is 13.1. The molecule has 0 saturated carbocycles. The molecule has 1 aromatic carbocycles. The third-order valence-corrected chi connectivity index (χ3v) is 4.25. The van der Waals surface area contributed by atoms with Gasteiger partial charge in [0.1, 0.15) is 11.5 Å². The van der Waals surface area contributed by atoms with E-state index in [1.807, 2.05) is 19.9 Å². The van der Waals surface area contributed by atoms with Gasteiger partial charge in [0, 0.05) is 24.8 Å². The highest BCUT2D eigenvalue weighted by atomic mass is 16.3. The number of carbonyl (C=O) groups is 1. The number of para-hydroxylation sites is 1. The van der Waals surface area contributed by atoms with Crippen LogP contribution >= 0.6 is 0 Å².